The fourth-order valence-corrected chi connectivity index (χ4v) is 3.46. The number of ether oxygens (including phenoxy) is 1. The highest BCUT2D eigenvalue weighted by atomic mass is 79.9. The Kier molecular flexibility index (Phi) is 4.94. The Hall–Kier alpha value is -0.930. The van der Waals surface area contributed by atoms with Gasteiger partial charge in [0.2, 0.25) is 0 Å². The number of halogens is 1. The molecule has 0 spiro atoms. The molecule has 0 aromatic heterocycles. The van der Waals surface area contributed by atoms with Crippen LogP contribution < -0.4 is 4.74 Å². The first-order valence-corrected chi connectivity index (χ1v) is 7.90. The largest absolute Gasteiger partial charge is 0.496 e. The van der Waals surface area contributed by atoms with Gasteiger partial charge in [-0.25, -0.2) is 0 Å². The lowest BCUT2D eigenvalue weighted by Crippen LogP contribution is -1.88. The minimum absolute atomic E-state index is 0.875. The Morgan fingerprint density at radius 1 is 1.11 bits per heavy atom. The lowest BCUT2D eigenvalue weighted by molar-refractivity contribution is 0.412. The summed E-state index contributed by atoms with van der Waals surface area (Å²) in [6.45, 7) is 4.29. The Balaban J connectivity index is 2.08. The predicted octanol–water partition coefficient (Wildman–Crippen LogP) is 5.37. The quantitative estimate of drug-likeness (QED) is 0.694. The summed E-state index contributed by atoms with van der Waals surface area (Å²) in [5.74, 6) is 1.84. The van der Waals surface area contributed by atoms with Gasteiger partial charge in [0.15, 0.2) is 0 Å². The average Bonchev–Trinajstić information content (AvgIpc) is 2.38. The molecule has 0 aliphatic rings. The van der Waals surface area contributed by atoms with Gasteiger partial charge in [-0.05, 0) is 59.1 Å². The van der Waals surface area contributed by atoms with E-state index in [9.17, 15) is 0 Å². The van der Waals surface area contributed by atoms with Crippen molar-refractivity contribution in [2.24, 2.45) is 0 Å². The summed E-state index contributed by atoms with van der Waals surface area (Å²) in [6, 6.07) is 12.8. The number of rotatable bonds is 4. The summed E-state index contributed by atoms with van der Waals surface area (Å²) in [5.41, 5.74) is 3.95. The fraction of sp³-hybridized carbons (Fsp3) is 0.250. The van der Waals surface area contributed by atoms with E-state index in [0.29, 0.717) is 0 Å². The Morgan fingerprint density at radius 2 is 1.89 bits per heavy atom. The van der Waals surface area contributed by atoms with Crippen LogP contribution >= 0.6 is 27.7 Å². The first-order valence-electron chi connectivity index (χ1n) is 6.12. The average molecular weight is 337 g/mol. The number of methoxy groups -OCH3 is 1. The fourth-order valence-electron chi connectivity index (χ4n) is 1.92. The molecule has 0 aliphatic heterocycles. The molecular weight excluding hydrogens is 320 g/mol. The molecule has 2 aromatic carbocycles. The molecule has 0 atom stereocenters. The topological polar surface area (TPSA) is 9.23 Å². The summed E-state index contributed by atoms with van der Waals surface area (Å²) < 4.78 is 6.25. The molecule has 0 saturated heterocycles. The Labute approximate surface area is 127 Å². The highest BCUT2D eigenvalue weighted by molar-refractivity contribution is 9.10. The molecule has 1 nitrogen and oxygen atoms in total. The van der Waals surface area contributed by atoms with Crippen molar-refractivity contribution in [2.45, 2.75) is 24.5 Å². The van der Waals surface area contributed by atoms with Crippen LogP contribution in [-0.4, -0.2) is 7.11 Å². The highest BCUT2D eigenvalue weighted by Gasteiger charge is 2.04. The number of benzene rings is 2. The minimum Gasteiger partial charge on any atom is -0.496 e. The molecule has 2 aromatic rings. The molecule has 0 fully saturated rings. The van der Waals surface area contributed by atoms with Gasteiger partial charge in [-0.3, -0.25) is 0 Å². The van der Waals surface area contributed by atoms with E-state index in [1.54, 1.807) is 7.11 Å². The summed E-state index contributed by atoms with van der Waals surface area (Å²) in [5, 5.41) is 0. The van der Waals surface area contributed by atoms with Crippen molar-refractivity contribution >= 4 is 27.7 Å². The van der Waals surface area contributed by atoms with Gasteiger partial charge in [0.25, 0.3) is 0 Å². The molecule has 0 unspecified atom stereocenters. The van der Waals surface area contributed by atoms with Crippen LogP contribution in [0.4, 0.5) is 0 Å². The van der Waals surface area contributed by atoms with E-state index in [4.69, 9.17) is 4.74 Å². The molecule has 2 rings (SSSR count). The summed E-state index contributed by atoms with van der Waals surface area (Å²) in [6.07, 6.45) is 0. The van der Waals surface area contributed by atoms with Gasteiger partial charge in [-0.2, -0.15) is 0 Å². The number of aryl methyl sites for hydroxylation is 2. The zero-order valence-electron chi connectivity index (χ0n) is 11.4. The summed E-state index contributed by atoms with van der Waals surface area (Å²) in [4.78, 5) is 1.34. The maximum atomic E-state index is 5.24. The van der Waals surface area contributed by atoms with Gasteiger partial charge in [0.05, 0.1) is 11.6 Å². The van der Waals surface area contributed by atoms with Gasteiger partial charge in [-0.1, -0.05) is 23.8 Å². The van der Waals surface area contributed by atoms with E-state index in [0.717, 1.165) is 16.0 Å². The second-order valence-corrected chi connectivity index (χ2v) is 6.40. The zero-order valence-corrected chi connectivity index (χ0v) is 13.8. The second-order valence-electron chi connectivity index (χ2n) is 4.53. The molecule has 0 bridgehead atoms. The van der Waals surface area contributed by atoms with Crippen molar-refractivity contribution in [1.82, 2.24) is 0 Å². The number of hydrogen-bond donors (Lipinski definition) is 0. The molecule has 19 heavy (non-hydrogen) atoms. The molecule has 3 heteroatoms. The van der Waals surface area contributed by atoms with E-state index in [1.165, 1.54) is 21.6 Å². The maximum absolute atomic E-state index is 5.24. The smallest absolute Gasteiger partial charge is 0.133 e. The van der Waals surface area contributed by atoms with Crippen molar-refractivity contribution < 1.29 is 4.74 Å². The van der Waals surface area contributed by atoms with Crippen LogP contribution in [0.5, 0.6) is 5.75 Å². The molecule has 0 aliphatic carbocycles. The summed E-state index contributed by atoms with van der Waals surface area (Å²) in [7, 11) is 1.68. The summed E-state index contributed by atoms with van der Waals surface area (Å²) >= 11 is 5.39. The van der Waals surface area contributed by atoms with Crippen LogP contribution in [-0.2, 0) is 5.75 Å². The molecule has 0 heterocycles. The normalized spacial score (nSPS) is 10.5. The van der Waals surface area contributed by atoms with Crippen LogP contribution in [0.25, 0.3) is 0 Å². The highest BCUT2D eigenvalue weighted by Crippen LogP contribution is 2.30. The maximum Gasteiger partial charge on any atom is 0.133 e. The zero-order chi connectivity index (χ0) is 13.8. The van der Waals surface area contributed by atoms with Crippen molar-refractivity contribution in [3.63, 3.8) is 0 Å². The molecule has 100 valence electrons. The van der Waals surface area contributed by atoms with Crippen LogP contribution in [0.2, 0.25) is 0 Å². The lowest BCUT2D eigenvalue weighted by Gasteiger charge is -2.08. The minimum atomic E-state index is 0.875. The van der Waals surface area contributed by atoms with Gasteiger partial charge in [0, 0.05) is 10.6 Å². The van der Waals surface area contributed by atoms with E-state index < -0.39 is 0 Å². The standard InChI is InChI=1S/C16H17BrOS/c1-11-4-7-16(12(2)8-11)19-10-13-5-6-15(18-3)14(17)9-13/h4-9H,10H2,1-3H3. The lowest BCUT2D eigenvalue weighted by atomic mass is 10.2. The van der Waals surface area contributed by atoms with Crippen LogP contribution in [0.3, 0.4) is 0 Å². The van der Waals surface area contributed by atoms with E-state index in [-0.39, 0.29) is 0 Å². The molecule has 0 amide bonds. The van der Waals surface area contributed by atoms with E-state index >= 15 is 0 Å². The molecule has 0 saturated carbocycles. The van der Waals surface area contributed by atoms with Crippen LogP contribution in [0, 0.1) is 13.8 Å². The van der Waals surface area contributed by atoms with E-state index in [1.807, 2.05) is 17.8 Å². The third-order valence-corrected chi connectivity index (χ3v) is 4.81. The third-order valence-electron chi connectivity index (χ3n) is 2.94. The Bertz CT molecular complexity index is 581. The van der Waals surface area contributed by atoms with Crippen LogP contribution in [0.1, 0.15) is 16.7 Å². The first-order chi connectivity index (χ1) is 9.10. The second kappa shape index (κ2) is 6.49. The monoisotopic (exact) mass is 336 g/mol. The first kappa shape index (κ1) is 14.5. The van der Waals surface area contributed by atoms with Crippen molar-refractivity contribution in [1.29, 1.82) is 0 Å². The van der Waals surface area contributed by atoms with Crippen molar-refractivity contribution in [3.05, 3.63) is 57.6 Å². The molecule has 0 N–H and O–H groups in total. The van der Waals surface area contributed by atoms with Crippen molar-refractivity contribution in [3.8, 4) is 5.75 Å². The predicted molar refractivity (Wildman–Crippen MR) is 86.2 cm³/mol. The van der Waals surface area contributed by atoms with Gasteiger partial charge in [0.1, 0.15) is 5.75 Å². The number of thioether (sulfide) groups is 1. The van der Waals surface area contributed by atoms with Gasteiger partial charge in [-0.15, -0.1) is 11.8 Å². The molecule has 0 radical (unpaired) electrons. The third kappa shape index (κ3) is 3.77. The SMILES string of the molecule is COc1ccc(CSc2ccc(C)cc2C)cc1Br. The van der Waals surface area contributed by atoms with E-state index in [2.05, 4.69) is 60.1 Å². The molecular formula is C16H17BrOS. The van der Waals surface area contributed by atoms with Crippen molar-refractivity contribution in [2.75, 3.05) is 7.11 Å². The van der Waals surface area contributed by atoms with Crippen LogP contribution in [0.15, 0.2) is 45.8 Å². The van der Waals surface area contributed by atoms with Gasteiger partial charge < -0.3 is 4.74 Å². The number of hydrogen-bond acceptors (Lipinski definition) is 2. The van der Waals surface area contributed by atoms with Gasteiger partial charge >= 0.3 is 0 Å². The Morgan fingerprint density at radius 3 is 2.53 bits per heavy atom.